The number of aryl methyl sites for hydroxylation is 1. The van der Waals surface area contributed by atoms with Gasteiger partial charge in [0, 0.05) is 5.70 Å². The third-order valence-electron chi connectivity index (χ3n) is 2.70. The summed E-state index contributed by atoms with van der Waals surface area (Å²) in [6, 6.07) is 8.12. The van der Waals surface area contributed by atoms with E-state index in [9.17, 15) is 0 Å². The van der Waals surface area contributed by atoms with Crippen LogP contribution in [-0.2, 0) is 6.42 Å². The second kappa shape index (κ2) is 15.6. The molecule has 0 saturated carbocycles. The molecule has 116 valence electrons. The molecule has 0 heterocycles. The minimum Gasteiger partial charge on any atom is -0.497 e. The molecule has 0 aromatic heterocycles. The van der Waals surface area contributed by atoms with Crippen LogP contribution in [-0.4, -0.2) is 7.11 Å². The molecule has 1 aromatic carbocycles. The van der Waals surface area contributed by atoms with Gasteiger partial charge in [0.05, 0.1) is 7.11 Å². The van der Waals surface area contributed by atoms with E-state index in [0.717, 1.165) is 17.9 Å². The Bertz CT molecular complexity index is 320. The first kappa shape index (κ1) is 20.9. The van der Waals surface area contributed by atoms with Crippen molar-refractivity contribution in [1.82, 2.24) is 0 Å². The topological polar surface area (TPSA) is 35.2 Å². The number of benzene rings is 1. The number of nitrogens with two attached hydrogens (primary N) is 1. The maximum Gasteiger partial charge on any atom is 0.119 e. The number of hydrogen-bond donors (Lipinski definition) is 1. The highest BCUT2D eigenvalue weighted by Crippen LogP contribution is 2.12. The predicted octanol–water partition coefficient (Wildman–Crippen LogP) is 5.32. The minimum absolute atomic E-state index is 0.880. The quantitative estimate of drug-likeness (QED) is 0.809. The van der Waals surface area contributed by atoms with E-state index in [4.69, 9.17) is 10.5 Å². The Kier molecular flexibility index (Phi) is 16.3. The molecule has 1 aromatic rings. The van der Waals surface area contributed by atoms with Crippen molar-refractivity contribution < 1.29 is 4.74 Å². The Morgan fingerprint density at radius 1 is 1.20 bits per heavy atom. The number of allylic oxidation sites excluding steroid dienone is 2. The van der Waals surface area contributed by atoms with E-state index in [1.165, 1.54) is 24.8 Å². The smallest absolute Gasteiger partial charge is 0.119 e. The molecule has 0 saturated heterocycles. The Morgan fingerprint density at radius 2 is 1.75 bits per heavy atom. The van der Waals surface area contributed by atoms with E-state index in [0.29, 0.717) is 0 Å². The summed E-state index contributed by atoms with van der Waals surface area (Å²) >= 11 is 0. The van der Waals surface area contributed by atoms with Gasteiger partial charge in [0.2, 0.25) is 0 Å². The van der Waals surface area contributed by atoms with Crippen molar-refractivity contribution >= 4 is 0 Å². The van der Waals surface area contributed by atoms with Gasteiger partial charge in [-0.2, -0.15) is 0 Å². The van der Waals surface area contributed by atoms with E-state index in [2.05, 4.69) is 32.9 Å². The number of ether oxygens (including phenoxy) is 1. The fourth-order valence-corrected chi connectivity index (χ4v) is 1.25. The molecule has 20 heavy (non-hydrogen) atoms. The van der Waals surface area contributed by atoms with E-state index in [1.54, 1.807) is 7.11 Å². The summed E-state index contributed by atoms with van der Waals surface area (Å²) in [5.41, 5.74) is 7.35. The summed E-state index contributed by atoms with van der Waals surface area (Å²) in [4.78, 5) is 0. The zero-order valence-electron chi connectivity index (χ0n) is 14.2. The highest BCUT2D eigenvalue weighted by molar-refractivity contribution is 5.28. The van der Waals surface area contributed by atoms with Gasteiger partial charge in [-0.05, 0) is 38.0 Å². The lowest BCUT2D eigenvalue weighted by atomic mass is 10.2. The van der Waals surface area contributed by atoms with Crippen molar-refractivity contribution in [2.45, 2.75) is 60.3 Å². The van der Waals surface area contributed by atoms with Crippen molar-refractivity contribution in [2.24, 2.45) is 5.73 Å². The van der Waals surface area contributed by atoms with Crippen LogP contribution in [0.1, 0.15) is 59.4 Å². The van der Waals surface area contributed by atoms with Crippen LogP contribution in [0.3, 0.4) is 0 Å². The summed E-state index contributed by atoms with van der Waals surface area (Å²) in [7, 11) is 1.69. The lowest BCUT2D eigenvalue weighted by molar-refractivity contribution is 0.414. The molecule has 2 heteroatoms. The molecule has 0 unspecified atom stereocenters. The van der Waals surface area contributed by atoms with Crippen LogP contribution in [0.25, 0.3) is 0 Å². The van der Waals surface area contributed by atoms with Gasteiger partial charge in [0.25, 0.3) is 0 Å². The highest BCUT2D eigenvalue weighted by Gasteiger charge is 1.90. The van der Waals surface area contributed by atoms with Crippen molar-refractivity contribution in [1.29, 1.82) is 0 Å². The van der Waals surface area contributed by atoms with Crippen LogP contribution in [0.15, 0.2) is 36.0 Å². The summed E-state index contributed by atoms with van der Waals surface area (Å²) in [5, 5.41) is 0. The van der Waals surface area contributed by atoms with Gasteiger partial charge in [0.15, 0.2) is 0 Å². The highest BCUT2D eigenvalue weighted by atomic mass is 16.5. The van der Waals surface area contributed by atoms with Crippen LogP contribution in [0.5, 0.6) is 5.75 Å². The molecule has 2 nitrogen and oxygen atoms in total. The zero-order chi connectivity index (χ0) is 15.8. The maximum atomic E-state index is 5.15. The van der Waals surface area contributed by atoms with Crippen molar-refractivity contribution in [3.8, 4) is 5.75 Å². The molecule has 0 atom stereocenters. The molecule has 0 bridgehead atoms. The second-order valence-electron chi connectivity index (χ2n) is 4.59. The van der Waals surface area contributed by atoms with Crippen LogP contribution < -0.4 is 10.5 Å². The lowest BCUT2D eigenvalue weighted by Crippen LogP contribution is -1.86. The summed E-state index contributed by atoms with van der Waals surface area (Å²) in [6.07, 6.45) is 7.00. The Balaban J connectivity index is 0. The zero-order valence-corrected chi connectivity index (χ0v) is 14.2. The molecule has 0 amide bonds. The first-order valence-corrected chi connectivity index (χ1v) is 7.56. The molecule has 2 N–H and O–H groups in total. The molecule has 0 aliphatic rings. The van der Waals surface area contributed by atoms with Crippen molar-refractivity contribution in [3.05, 3.63) is 41.6 Å². The molecule has 0 aliphatic heterocycles. The van der Waals surface area contributed by atoms with E-state index in [-0.39, 0.29) is 0 Å². The van der Waals surface area contributed by atoms with Crippen molar-refractivity contribution in [2.75, 3.05) is 7.11 Å². The van der Waals surface area contributed by atoms with Crippen molar-refractivity contribution in [3.63, 3.8) is 0 Å². The number of hydrogen-bond acceptors (Lipinski definition) is 2. The minimum atomic E-state index is 0.880. The van der Waals surface area contributed by atoms with Gasteiger partial charge >= 0.3 is 0 Å². The Hall–Kier alpha value is -1.44. The average molecular weight is 279 g/mol. The molecule has 1 rings (SSSR count). The molecule has 0 spiro atoms. The fourth-order valence-electron chi connectivity index (χ4n) is 1.25. The van der Waals surface area contributed by atoms with Gasteiger partial charge < -0.3 is 10.5 Å². The Morgan fingerprint density at radius 3 is 2.05 bits per heavy atom. The van der Waals surface area contributed by atoms with Crippen LogP contribution in [0.4, 0.5) is 0 Å². The van der Waals surface area contributed by atoms with Gasteiger partial charge in [-0.25, -0.2) is 0 Å². The largest absolute Gasteiger partial charge is 0.497 e. The molecular formula is C18H33NO. The number of methoxy groups -OCH3 is 1. The SMILES string of the molecule is C/C=C(/C)N.CCCCC.CCc1cccc(OC)c1. The fraction of sp³-hybridized carbons (Fsp3) is 0.556. The second-order valence-corrected chi connectivity index (χ2v) is 4.59. The molecule has 0 fully saturated rings. The van der Waals surface area contributed by atoms with Gasteiger partial charge in [-0.15, -0.1) is 0 Å². The van der Waals surface area contributed by atoms with Gasteiger partial charge in [-0.3, -0.25) is 0 Å². The Labute approximate surface area is 126 Å². The molecular weight excluding hydrogens is 246 g/mol. The third kappa shape index (κ3) is 14.6. The standard InChI is InChI=1S/C9H12O.C5H12.C4H9N/c1-3-8-5-4-6-9(7-8)10-2;1-3-5-4-2;1-3-4(2)5/h4-7H,3H2,1-2H3;3-5H2,1-2H3;3H,5H2,1-2H3/b;;4-3-. The summed E-state index contributed by atoms with van der Waals surface area (Å²) < 4.78 is 5.06. The van der Waals surface area contributed by atoms with E-state index >= 15 is 0 Å². The predicted molar refractivity (Wildman–Crippen MR) is 91.2 cm³/mol. The summed E-state index contributed by atoms with van der Waals surface area (Å²) in [5.74, 6) is 0.944. The first-order valence-electron chi connectivity index (χ1n) is 7.56. The lowest BCUT2D eigenvalue weighted by Gasteiger charge is -2.00. The first-order chi connectivity index (χ1) is 9.55. The van der Waals surface area contributed by atoms with Crippen LogP contribution >= 0.6 is 0 Å². The summed E-state index contributed by atoms with van der Waals surface area (Å²) in [6.45, 7) is 10.3. The molecule has 0 radical (unpaired) electrons. The van der Waals surface area contributed by atoms with Gasteiger partial charge in [0.1, 0.15) is 5.75 Å². The number of unbranched alkanes of at least 4 members (excludes halogenated alkanes) is 2. The molecule has 0 aliphatic carbocycles. The normalized spacial score (nSPS) is 9.80. The average Bonchev–Trinajstić information content (AvgIpc) is 2.49. The monoisotopic (exact) mass is 279 g/mol. The van der Waals surface area contributed by atoms with Crippen LogP contribution in [0, 0.1) is 0 Å². The maximum absolute atomic E-state index is 5.15. The van der Waals surface area contributed by atoms with Gasteiger partial charge in [-0.1, -0.05) is 58.2 Å². The number of rotatable bonds is 4. The van der Waals surface area contributed by atoms with E-state index in [1.807, 2.05) is 32.1 Å². The van der Waals surface area contributed by atoms with Crippen LogP contribution in [0.2, 0.25) is 0 Å². The third-order valence-corrected chi connectivity index (χ3v) is 2.70. The van der Waals surface area contributed by atoms with E-state index < -0.39 is 0 Å².